The van der Waals surface area contributed by atoms with E-state index in [0.717, 1.165) is 17.0 Å². The number of methoxy groups -OCH3 is 1. The highest BCUT2D eigenvalue weighted by atomic mass is 35.5. The predicted octanol–water partition coefficient (Wildman–Crippen LogP) is 3.48. The summed E-state index contributed by atoms with van der Waals surface area (Å²) in [5.74, 6) is 0.416. The third-order valence-electron chi connectivity index (χ3n) is 4.62. The van der Waals surface area contributed by atoms with Crippen molar-refractivity contribution >= 4 is 34.6 Å². The van der Waals surface area contributed by atoms with E-state index in [1.165, 1.54) is 22.0 Å². The van der Waals surface area contributed by atoms with Crippen molar-refractivity contribution in [3.63, 3.8) is 0 Å². The number of carbonyl (C=O) groups excluding carboxylic acids is 1. The molecule has 1 N–H and O–H groups in total. The maximum Gasteiger partial charge on any atom is 0.261 e. The van der Waals surface area contributed by atoms with Gasteiger partial charge in [0.25, 0.3) is 11.5 Å². The van der Waals surface area contributed by atoms with Gasteiger partial charge >= 0.3 is 0 Å². The number of ether oxygens (including phenoxy) is 1. The number of oxime groups is 1. The van der Waals surface area contributed by atoms with Crippen molar-refractivity contribution in [2.24, 2.45) is 5.16 Å². The molecule has 30 heavy (non-hydrogen) atoms. The minimum absolute atomic E-state index is 0.145. The second kappa shape index (κ2) is 8.73. The molecule has 154 valence electrons. The Labute approximate surface area is 181 Å². The van der Waals surface area contributed by atoms with Crippen LogP contribution in [0.1, 0.15) is 21.7 Å². The third kappa shape index (κ3) is 4.39. The number of hydrogen-bond acceptors (Lipinski definition) is 6. The van der Waals surface area contributed by atoms with E-state index in [-0.39, 0.29) is 17.6 Å². The number of amides is 1. The lowest BCUT2D eigenvalue weighted by atomic mass is 10.0. The minimum Gasteiger partial charge on any atom is -0.495 e. The molecule has 3 aromatic rings. The van der Waals surface area contributed by atoms with Gasteiger partial charge in [0.15, 0.2) is 0 Å². The molecule has 1 amide bonds. The summed E-state index contributed by atoms with van der Waals surface area (Å²) in [7, 11) is 1.56. The molecule has 2 aromatic heterocycles. The number of halogens is 1. The normalized spacial score (nSPS) is 15.4. The standard InChI is InChI=1S/C21H18ClN3O4S/c1-28-15-6-9-20(26)25(12-15)14-4-2-13(3-5-14)17-10-16(29-24-17)11-23-21(27)18-7-8-19(22)30-18/h2-9,12,16H,10-11H2,1H3,(H,23,27). The number of rotatable bonds is 6. The molecule has 4 rings (SSSR count). The van der Waals surface area contributed by atoms with Gasteiger partial charge in [-0.2, -0.15) is 0 Å². The molecule has 3 heterocycles. The van der Waals surface area contributed by atoms with Gasteiger partial charge in [-0.15, -0.1) is 11.3 Å². The molecule has 0 aliphatic carbocycles. The molecule has 0 spiro atoms. The van der Waals surface area contributed by atoms with Gasteiger partial charge in [0.05, 0.1) is 34.8 Å². The summed E-state index contributed by atoms with van der Waals surface area (Å²) in [6.45, 7) is 0.346. The number of nitrogens with zero attached hydrogens (tertiary/aromatic N) is 2. The SMILES string of the molecule is COc1ccc(=O)n(-c2ccc(C3=NOC(CNC(=O)c4ccc(Cl)s4)C3)cc2)c1. The van der Waals surface area contributed by atoms with Gasteiger partial charge in [-0.05, 0) is 35.9 Å². The largest absolute Gasteiger partial charge is 0.495 e. The van der Waals surface area contributed by atoms with Crippen molar-refractivity contribution in [3.8, 4) is 11.4 Å². The van der Waals surface area contributed by atoms with E-state index in [0.29, 0.717) is 27.9 Å². The monoisotopic (exact) mass is 443 g/mol. The van der Waals surface area contributed by atoms with Crippen molar-refractivity contribution in [2.45, 2.75) is 12.5 Å². The van der Waals surface area contributed by atoms with Crippen LogP contribution in [0.15, 0.2) is 64.7 Å². The number of carbonyl (C=O) groups is 1. The summed E-state index contributed by atoms with van der Waals surface area (Å²) in [4.78, 5) is 30.3. The van der Waals surface area contributed by atoms with Gasteiger partial charge < -0.3 is 14.9 Å². The smallest absolute Gasteiger partial charge is 0.261 e. The van der Waals surface area contributed by atoms with Gasteiger partial charge in [-0.25, -0.2) is 0 Å². The Bertz CT molecular complexity index is 1150. The zero-order valence-electron chi connectivity index (χ0n) is 16.0. The van der Waals surface area contributed by atoms with Crippen LogP contribution in [-0.4, -0.2) is 35.9 Å². The van der Waals surface area contributed by atoms with E-state index in [1.807, 2.05) is 24.3 Å². The number of nitrogens with one attached hydrogen (secondary N) is 1. The van der Waals surface area contributed by atoms with Crippen LogP contribution in [0.5, 0.6) is 5.75 Å². The molecule has 7 nitrogen and oxygen atoms in total. The van der Waals surface area contributed by atoms with Gasteiger partial charge in [-0.3, -0.25) is 14.2 Å². The molecule has 0 saturated carbocycles. The van der Waals surface area contributed by atoms with Crippen molar-refractivity contribution in [1.29, 1.82) is 0 Å². The van der Waals surface area contributed by atoms with E-state index >= 15 is 0 Å². The molecule has 9 heteroatoms. The highest BCUT2D eigenvalue weighted by molar-refractivity contribution is 7.17. The van der Waals surface area contributed by atoms with Crippen LogP contribution < -0.4 is 15.6 Å². The fourth-order valence-corrected chi connectivity index (χ4v) is 4.00. The maximum absolute atomic E-state index is 12.1. The van der Waals surface area contributed by atoms with Gasteiger partial charge in [0, 0.05) is 18.2 Å². The van der Waals surface area contributed by atoms with E-state index in [2.05, 4.69) is 10.5 Å². The molecule has 1 aliphatic rings. The van der Waals surface area contributed by atoms with Crippen molar-refractivity contribution in [1.82, 2.24) is 9.88 Å². The van der Waals surface area contributed by atoms with Crippen LogP contribution in [0.3, 0.4) is 0 Å². The maximum atomic E-state index is 12.1. The van der Waals surface area contributed by atoms with E-state index in [9.17, 15) is 9.59 Å². The van der Waals surface area contributed by atoms with E-state index in [4.69, 9.17) is 21.2 Å². The summed E-state index contributed by atoms with van der Waals surface area (Å²) in [6, 6.07) is 13.9. The van der Waals surface area contributed by atoms with Gasteiger partial charge in [0.2, 0.25) is 0 Å². The fourth-order valence-electron chi connectivity index (χ4n) is 3.04. The summed E-state index contributed by atoms with van der Waals surface area (Å²) in [6.07, 6.45) is 1.98. The quantitative estimate of drug-likeness (QED) is 0.632. The lowest BCUT2D eigenvalue weighted by Gasteiger charge is -2.09. The lowest BCUT2D eigenvalue weighted by Crippen LogP contribution is -2.31. The second-order valence-electron chi connectivity index (χ2n) is 6.61. The van der Waals surface area contributed by atoms with Crippen molar-refractivity contribution < 1.29 is 14.4 Å². The van der Waals surface area contributed by atoms with E-state index < -0.39 is 0 Å². The van der Waals surface area contributed by atoms with Crippen molar-refractivity contribution in [3.05, 3.63) is 79.9 Å². The van der Waals surface area contributed by atoms with Crippen LogP contribution in [0, 0.1) is 0 Å². The Kier molecular flexibility index (Phi) is 5.87. The highest BCUT2D eigenvalue weighted by Gasteiger charge is 2.23. The Morgan fingerprint density at radius 1 is 1.27 bits per heavy atom. The number of aromatic nitrogens is 1. The first-order valence-electron chi connectivity index (χ1n) is 9.17. The Morgan fingerprint density at radius 2 is 2.07 bits per heavy atom. The molecule has 1 unspecified atom stereocenters. The predicted molar refractivity (Wildman–Crippen MR) is 116 cm³/mol. The first kappa shape index (κ1) is 20.2. The van der Waals surface area contributed by atoms with Crippen LogP contribution in [-0.2, 0) is 4.84 Å². The number of thiophene rings is 1. The second-order valence-corrected chi connectivity index (χ2v) is 8.32. The zero-order chi connectivity index (χ0) is 21.1. The Hall–Kier alpha value is -3.10. The molecule has 0 saturated heterocycles. The Balaban J connectivity index is 1.37. The van der Waals surface area contributed by atoms with Crippen LogP contribution in [0.25, 0.3) is 5.69 Å². The number of hydrogen-bond donors (Lipinski definition) is 1. The molecular formula is C21H18ClN3O4S. The summed E-state index contributed by atoms with van der Waals surface area (Å²) in [5.41, 5.74) is 2.26. The van der Waals surface area contributed by atoms with Crippen LogP contribution >= 0.6 is 22.9 Å². The molecule has 0 bridgehead atoms. The van der Waals surface area contributed by atoms with Gasteiger partial charge in [0.1, 0.15) is 11.9 Å². The third-order valence-corrected chi connectivity index (χ3v) is 5.85. The molecular weight excluding hydrogens is 426 g/mol. The van der Waals surface area contributed by atoms with Crippen LogP contribution in [0.2, 0.25) is 4.34 Å². The number of pyridine rings is 1. The molecule has 1 aromatic carbocycles. The molecule has 0 fully saturated rings. The summed E-state index contributed by atoms with van der Waals surface area (Å²) in [5, 5.41) is 6.99. The Morgan fingerprint density at radius 3 is 2.77 bits per heavy atom. The number of benzene rings is 1. The average Bonchev–Trinajstić information content (AvgIpc) is 3.42. The van der Waals surface area contributed by atoms with E-state index in [1.54, 1.807) is 31.5 Å². The van der Waals surface area contributed by atoms with Gasteiger partial charge in [-0.1, -0.05) is 28.9 Å². The van der Waals surface area contributed by atoms with Crippen molar-refractivity contribution in [2.75, 3.05) is 13.7 Å². The zero-order valence-corrected chi connectivity index (χ0v) is 17.6. The molecule has 1 atom stereocenters. The minimum atomic E-state index is -0.236. The lowest BCUT2D eigenvalue weighted by molar-refractivity contribution is 0.0755. The average molecular weight is 444 g/mol. The summed E-state index contributed by atoms with van der Waals surface area (Å²) >= 11 is 7.09. The first-order chi connectivity index (χ1) is 14.5. The molecule has 0 radical (unpaired) electrons. The van der Waals surface area contributed by atoms with Crippen LogP contribution in [0.4, 0.5) is 0 Å². The fraction of sp³-hybridized carbons (Fsp3) is 0.190. The summed E-state index contributed by atoms with van der Waals surface area (Å²) < 4.78 is 7.28. The topological polar surface area (TPSA) is 81.9 Å². The first-order valence-corrected chi connectivity index (χ1v) is 10.4. The molecule has 1 aliphatic heterocycles. The highest BCUT2D eigenvalue weighted by Crippen LogP contribution is 2.22.